The van der Waals surface area contributed by atoms with Gasteiger partial charge in [0, 0.05) is 0 Å². The maximum absolute atomic E-state index is 3.36. The Morgan fingerprint density at radius 1 is 0.882 bits per heavy atom. The van der Waals surface area contributed by atoms with Crippen molar-refractivity contribution in [2.24, 2.45) is 5.92 Å². The van der Waals surface area contributed by atoms with E-state index in [0.717, 1.165) is 0 Å². The van der Waals surface area contributed by atoms with Crippen molar-refractivity contribution in [3.8, 4) is 11.1 Å². The number of hydrogen-bond acceptors (Lipinski definition) is 0. The number of allylic oxidation sites excluding steroid dienone is 4. The molecule has 1 aliphatic carbocycles. The minimum Gasteiger partial charge on any atom is -0.150 e. The fourth-order valence-electron chi connectivity index (χ4n) is 4.09. The quantitative estimate of drug-likeness (QED) is 0.205. The molecule has 0 heterocycles. The predicted octanol–water partition coefficient (Wildman–Crippen LogP) is 10.1. The van der Waals surface area contributed by atoms with Crippen LogP contribution in [0.15, 0.2) is 83.4 Å². The molecular formula is C32H42SiZr. The Bertz CT molecular complexity index is 1070. The summed E-state index contributed by atoms with van der Waals surface area (Å²) in [5, 5.41) is 2.65. The zero-order chi connectivity index (χ0) is 24.9. The van der Waals surface area contributed by atoms with Crippen LogP contribution in [0.2, 0.25) is 12.1 Å². The van der Waals surface area contributed by atoms with Gasteiger partial charge in [-0.25, -0.2) is 5.57 Å². The summed E-state index contributed by atoms with van der Waals surface area (Å²) in [6.07, 6.45) is 9.13. The third-order valence-electron chi connectivity index (χ3n) is 6.67. The van der Waals surface area contributed by atoms with Crippen LogP contribution in [0.5, 0.6) is 0 Å². The molecule has 0 aromatic heterocycles. The second-order valence-corrected chi connectivity index (χ2v) is 16.7. The van der Waals surface area contributed by atoms with Crippen molar-refractivity contribution in [3.05, 3.63) is 89.5 Å². The largest absolute Gasteiger partial charge is 0.150 e. The molecule has 34 heavy (non-hydrogen) atoms. The Hall–Kier alpha value is -1.37. The first-order valence-corrected chi connectivity index (χ1v) is 18.5. The van der Waals surface area contributed by atoms with E-state index in [0.29, 0.717) is 5.92 Å². The van der Waals surface area contributed by atoms with E-state index in [4.69, 9.17) is 0 Å². The average molecular weight is 546 g/mol. The van der Waals surface area contributed by atoms with E-state index in [1.807, 2.05) is 23.3 Å². The Morgan fingerprint density at radius 2 is 1.47 bits per heavy atom. The molecule has 1 aliphatic rings. The van der Waals surface area contributed by atoms with Gasteiger partial charge in [-0.3, -0.25) is 6.08 Å². The Morgan fingerprint density at radius 3 is 1.97 bits per heavy atom. The number of rotatable bonds is 7. The van der Waals surface area contributed by atoms with Crippen LogP contribution in [0.25, 0.3) is 21.9 Å². The molecule has 2 heteroatoms. The molecule has 4 rings (SSSR count). The summed E-state index contributed by atoms with van der Waals surface area (Å²) in [5.41, 5.74) is 7.04. The van der Waals surface area contributed by atoms with Crippen LogP contribution in [0, 0.1) is 12.0 Å². The van der Waals surface area contributed by atoms with Gasteiger partial charge in [0.25, 0.3) is 0 Å². The van der Waals surface area contributed by atoms with E-state index in [1.165, 1.54) is 64.3 Å². The zero-order valence-corrected chi connectivity index (χ0v) is 25.6. The summed E-state index contributed by atoms with van der Waals surface area (Å²) >= 11 is 1.86. The van der Waals surface area contributed by atoms with Crippen LogP contribution in [-0.4, -0.2) is 5.43 Å². The van der Waals surface area contributed by atoms with E-state index in [9.17, 15) is 0 Å². The third kappa shape index (κ3) is 9.01. The molecule has 3 aromatic rings. The molecule has 0 spiro atoms. The standard InChI is InChI=1S/C15H11.C9H13.C8H18Si.Zr/c1-2-6-12(7-3-1)15-11-10-13-8-4-5-9-14(13)15;1-6-5-7(2)9(4)8(6)3;1-3-5-7-9-8-6-4-2;/h1-11H;6H,1-4H3;3-8H2,1-2H3;/q2*-1;;+2. The molecule has 0 bridgehead atoms. The van der Waals surface area contributed by atoms with Gasteiger partial charge in [-0.2, -0.15) is 11.1 Å². The van der Waals surface area contributed by atoms with Crippen LogP contribution < -0.4 is 0 Å². The Balaban J connectivity index is 0.000000190. The minimum atomic E-state index is 0.175. The molecule has 0 amide bonds. The van der Waals surface area contributed by atoms with Gasteiger partial charge in [0.1, 0.15) is 0 Å². The van der Waals surface area contributed by atoms with Gasteiger partial charge in [-0.15, -0.1) is 53.6 Å². The zero-order valence-electron chi connectivity index (χ0n) is 22.2. The SMILES string of the molecule is CC1=[C-]C(C)C(C)=C1C.CCCC[Si](=[Zr+2])CCCC.c1ccc(-c2c[cH-]c3ccccc23)cc1. The Kier molecular flexibility index (Phi) is 13.2. The summed E-state index contributed by atoms with van der Waals surface area (Å²) in [5.74, 6) is 0.560. The summed E-state index contributed by atoms with van der Waals surface area (Å²) in [6, 6.07) is 26.6. The molecule has 0 radical (unpaired) electrons. The van der Waals surface area contributed by atoms with E-state index in [1.54, 1.807) is 12.1 Å². The van der Waals surface area contributed by atoms with E-state index < -0.39 is 0 Å². The summed E-state index contributed by atoms with van der Waals surface area (Å²) in [7, 11) is 0. The number of benzene rings is 2. The van der Waals surface area contributed by atoms with Crippen LogP contribution in [-0.2, 0) is 23.3 Å². The van der Waals surface area contributed by atoms with Crippen LogP contribution >= 0.6 is 0 Å². The average Bonchev–Trinajstić information content (AvgIpc) is 3.39. The van der Waals surface area contributed by atoms with Crippen molar-refractivity contribution in [2.45, 2.75) is 79.3 Å². The number of fused-ring (bicyclic) bond motifs is 1. The second-order valence-electron chi connectivity index (χ2n) is 9.31. The van der Waals surface area contributed by atoms with E-state index in [2.05, 4.69) is 114 Å². The maximum atomic E-state index is 3.36. The van der Waals surface area contributed by atoms with Gasteiger partial charge in [0.15, 0.2) is 0 Å². The summed E-state index contributed by atoms with van der Waals surface area (Å²) < 4.78 is 0. The molecule has 1 atom stereocenters. The van der Waals surface area contributed by atoms with Gasteiger partial charge in [-0.05, 0) is 0 Å². The molecular weight excluding hydrogens is 504 g/mol. The van der Waals surface area contributed by atoms with Crippen molar-refractivity contribution in [3.63, 3.8) is 0 Å². The van der Waals surface area contributed by atoms with Gasteiger partial charge >= 0.3 is 80.4 Å². The minimum absolute atomic E-state index is 0.175. The van der Waals surface area contributed by atoms with Gasteiger partial charge in [0.05, 0.1) is 0 Å². The predicted molar refractivity (Wildman–Crippen MR) is 150 cm³/mol. The van der Waals surface area contributed by atoms with E-state index >= 15 is 0 Å². The third-order valence-corrected chi connectivity index (χ3v) is 12.3. The number of unbranched alkanes of at least 4 members (excludes halogenated alkanes) is 2. The van der Waals surface area contributed by atoms with Crippen molar-refractivity contribution in [1.29, 1.82) is 0 Å². The fourth-order valence-corrected chi connectivity index (χ4v) is 8.50. The molecule has 0 aliphatic heterocycles. The molecule has 178 valence electrons. The Labute approximate surface area is 224 Å². The molecule has 0 nitrogen and oxygen atoms in total. The maximum Gasteiger partial charge on any atom is -0.0623 e. The van der Waals surface area contributed by atoms with Gasteiger partial charge in [0.2, 0.25) is 0 Å². The van der Waals surface area contributed by atoms with Crippen LogP contribution in [0.1, 0.15) is 67.2 Å². The number of hydrogen-bond donors (Lipinski definition) is 0. The van der Waals surface area contributed by atoms with E-state index in [-0.39, 0.29) is 5.43 Å². The first kappa shape index (κ1) is 28.9. The fraction of sp³-hybridized carbons (Fsp3) is 0.406. The molecule has 0 saturated heterocycles. The molecule has 1 unspecified atom stereocenters. The monoisotopic (exact) mass is 544 g/mol. The van der Waals surface area contributed by atoms with Gasteiger partial charge in [-0.1, -0.05) is 68.7 Å². The second kappa shape index (κ2) is 15.6. The van der Waals surface area contributed by atoms with Crippen LogP contribution in [0.4, 0.5) is 0 Å². The van der Waals surface area contributed by atoms with Crippen molar-refractivity contribution in [1.82, 2.24) is 0 Å². The first-order valence-electron chi connectivity index (χ1n) is 12.9. The molecule has 0 N–H and O–H groups in total. The summed E-state index contributed by atoms with van der Waals surface area (Å²) in [4.78, 5) is 0. The molecule has 3 aromatic carbocycles. The van der Waals surface area contributed by atoms with Crippen LogP contribution in [0.3, 0.4) is 0 Å². The molecule has 0 saturated carbocycles. The van der Waals surface area contributed by atoms with Crippen molar-refractivity contribution in [2.75, 3.05) is 0 Å². The first-order chi connectivity index (χ1) is 16.4. The van der Waals surface area contributed by atoms with Crippen molar-refractivity contribution >= 4 is 16.2 Å². The topological polar surface area (TPSA) is 0 Å². The smallest absolute Gasteiger partial charge is 0.0623 e. The summed E-state index contributed by atoms with van der Waals surface area (Å²) in [6.45, 7) is 13.3. The van der Waals surface area contributed by atoms with Crippen molar-refractivity contribution < 1.29 is 23.3 Å². The normalized spacial score (nSPS) is 14.8. The van der Waals surface area contributed by atoms with Gasteiger partial charge < -0.3 is 0 Å². The molecule has 0 fully saturated rings.